The molecular weight excluding hydrogens is 292 g/mol. The normalized spacial score (nSPS) is 12.2. The van der Waals surface area contributed by atoms with Gasteiger partial charge in [-0.1, -0.05) is 13.0 Å². The molecule has 1 atom stereocenters. The number of aliphatic hydroxyl groups excluding tert-OH is 1. The molecule has 0 fully saturated rings. The molecule has 1 aromatic carbocycles. The maximum absolute atomic E-state index is 13.5. The van der Waals surface area contributed by atoms with Gasteiger partial charge in [0.05, 0.1) is 16.8 Å². The number of hydrogen-bond donors (Lipinski definition) is 2. The summed E-state index contributed by atoms with van der Waals surface area (Å²) in [6.07, 6.45) is 0.671. The first-order valence-corrected chi connectivity index (χ1v) is 6.86. The van der Waals surface area contributed by atoms with Crippen LogP contribution in [0, 0.1) is 11.6 Å². The molecular formula is C15H17F2N3O2. The minimum atomic E-state index is -1.47. The number of aromatic nitrogens is 2. The molecule has 1 amide bonds. The number of hydrogen-bond acceptors (Lipinski definition) is 3. The molecule has 1 unspecified atom stereocenters. The van der Waals surface area contributed by atoms with Gasteiger partial charge >= 0.3 is 0 Å². The number of amides is 1. The van der Waals surface area contributed by atoms with Gasteiger partial charge in [0, 0.05) is 19.8 Å². The summed E-state index contributed by atoms with van der Waals surface area (Å²) in [6.45, 7) is 1.57. The number of benzene rings is 1. The number of halogens is 2. The zero-order valence-electron chi connectivity index (χ0n) is 12.3. The number of rotatable bonds is 5. The third-order valence-electron chi connectivity index (χ3n) is 3.27. The lowest BCUT2D eigenvalue weighted by molar-refractivity contribution is 0.0910. The highest BCUT2D eigenvalue weighted by atomic mass is 19.1. The van der Waals surface area contributed by atoms with Gasteiger partial charge in [0.1, 0.15) is 17.7 Å². The third kappa shape index (κ3) is 3.30. The fourth-order valence-corrected chi connectivity index (χ4v) is 2.20. The molecule has 2 N–H and O–H groups in total. The van der Waals surface area contributed by atoms with Crippen LogP contribution in [0.3, 0.4) is 0 Å². The average Bonchev–Trinajstić information content (AvgIpc) is 2.85. The number of carbonyl (C=O) groups excluding carboxylic acids is 1. The monoisotopic (exact) mass is 309 g/mol. The smallest absolute Gasteiger partial charge is 0.254 e. The van der Waals surface area contributed by atoms with Crippen molar-refractivity contribution < 1.29 is 18.7 Å². The van der Waals surface area contributed by atoms with Crippen molar-refractivity contribution in [2.24, 2.45) is 7.05 Å². The van der Waals surface area contributed by atoms with E-state index in [1.54, 1.807) is 13.2 Å². The van der Waals surface area contributed by atoms with Gasteiger partial charge in [-0.3, -0.25) is 9.48 Å². The summed E-state index contributed by atoms with van der Waals surface area (Å²) in [5.41, 5.74) is 0.544. The highest BCUT2D eigenvalue weighted by molar-refractivity contribution is 5.95. The zero-order chi connectivity index (χ0) is 16.3. The Balaban J connectivity index is 2.07. The maximum Gasteiger partial charge on any atom is 0.254 e. The summed E-state index contributed by atoms with van der Waals surface area (Å²) >= 11 is 0. The van der Waals surface area contributed by atoms with Gasteiger partial charge in [-0.2, -0.15) is 5.10 Å². The molecule has 0 aliphatic rings. The van der Waals surface area contributed by atoms with Crippen LogP contribution in [0.25, 0.3) is 0 Å². The van der Waals surface area contributed by atoms with E-state index in [2.05, 4.69) is 10.4 Å². The van der Waals surface area contributed by atoms with Crippen LogP contribution >= 0.6 is 0 Å². The minimum absolute atomic E-state index is 0.297. The predicted octanol–water partition coefficient (Wildman–Crippen LogP) is 1.72. The molecule has 5 nitrogen and oxygen atoms in total. The van der Waals surface area contributed by atoms with Crippen LogP contribution in [0.2, 0.25) is 0 Å². The fourth-order valence-electron chi connectivity index (χ4n) is 2.20. The van der Waals surface area contributed by atoms with Crippen LogP contribution in [-0.4, -0.2) is 27.3 Å². The lowest BCUT2D eigenvalue weighted by Gasteiger charge is -2.13. The molecule has 0 spiro atoms. The van der Waals surface area contributed by atoms with Crippen molar-refractivity contribution in [3.05, 3.63) is 52.9 Å². The van der Waals surface area contributed by atoms with Gasteiger partial charge in [-0.05, 0) is 18.6 Å². The molecule has 2 aromatic rings. The lowest BCUT2D eigenvalue weighted by atomic mass is 10.1. The maximum atomic E-state index is 13.5. The first-order valence-electron chi connectivity index (χ1n) is 6.86. The molecule has 0 radical (unpaired) electrons. The molecule has 118 valence electrons. The summed E-state index contributed by atoms with van der Waals surface area (Å²) < 4.78 is 28.6. The van der Waals surface area contributed by atoms with Crippen molar-refractivity contribution in [3.8, 4) is 0 Å². The van der Waals surface area contributed by atoms with Crippen LogP contribution in [0.15, 0.2) is 24.4 Å². The number of nitrogens with one attached hydrogen (secondary N) is 1. The van der Waals surface area contributed by atoms with Crippen molar-refractivity contribution in [2.45, 2.75) is 19.4 Å². The van der Waals surface area contributed by atoms with Crippen molar-refractivity contribution in [3.63, 3.8) is 0 Å². The largest absolute Gasteiger partial charge is 0.386 e. The topological polar surface area (TPSA) is 67.2 Å². The van der Waals surface area contributed by atoms with E-state index in [0.29, 0.717) is 17.7 Å². The van der Waals surface area contributed by atoms with Crippen LogP contribution in [-0.2, 0) is 13.5 Å². The van der Waals surface area contributed by atoms with Crippen LogP contribution in [0.1, 0.15) is 34.6 Å². The van der Waals surface area contributed by atoms with E-state index in [1.165, 1.54) is 10.7 Å². The summed E-state index contributed by atoms with van der Waals surface area (Å²) in [4.78, 5) is 12.1. The average molecular weight is 309 g/mol. The summed E-state index contributed by atoms with van der Waals surface area (Å²) in [6, 6.07) is 3.32. The van der Waals surface area contributed by atoms with Crippen LogP contribution < -0.4 is 5.32 Å². The van der Waals surface area contributed by atoms with Gasteiger partial charge in [0.2, 0.25) is 0 Å². The number of aliphatic hydroxyl groups is 1. The van der Waals surface area contributed by atoms with E-state index in [9.17, 15) is 18.7 Å². The van der Waals surface area contributed by atoms with Crippen molar-refractivity contribution >= 4 is 5.91 Å². The minimum Gasteiger partial charge on any atom is -0.386 e. The Morgan fingerprint density at radius 1 is 1.41 bits per heavy atom. The number of nitrogens with zero attached hydrogens (tertiary/aromatic N) is 2. The first kappa shape index (κ1) is 16.1. The molecule has 7 heteroatoms. The Morgan fingerprint density at radius 3 is 2.64 bits per heavy atom. The third-order valence-corrected chi connectivity index (χ3v) is 3.27. The molecule has 0 bridgehead atoms. The quantitative estimate of drug-likeness (QED) is 0.884. The predicted molar refractivity (Wildman–Crippen MR) is 76.2 cm³/mol. The molecule has 2 rings (SSSR count). The molecule has 0 saturated carbocycles. The number of carbonyl (C=O) groups is 1. The molecule has 0 aliphatic carbocycles. The molecule has 22 heavy (non-hydrogen) atoms. The van der Waals surface area contributed by atoms with E-state index in [1.807, 2.05) is 6.92 Å². The molecule has 1 aromatic heterocycles. The van der Waals surface area contributed by atoms with Gasteiger partial charge in [0.25, 0.3) is 5.91 Å². The molecule has 1 heterocycles. The van der Waals surface area contributed by atoms with Crippen LogP contribution in [0.5, 0.6) is 0 Å². The standard InChI is InChI=1S/C15H17F2N3O2/c1-3-12-9(8-20(2)19-12)15(22)18-7-13(21)14-10(16)5-4-6-11(14)17/h4-6,8,13,21H,3,7H2,1-2H3,(H,18,22). The lowest BCUT2D eigenvalue weighted by Crippen LogP contribution is -2.29. The molecule has 0 aliphatic heterocycles. The van der Waals surface area contributed by atoms with Crippen molar-refractivity contribution in [1.29, 1.82) is 0 Å². The number of aryl methyl sites for hydroxylation is 2. The Bertz CT molecular complexity index is 665. The second-order valence-electron chi connectivity index (χ2n) is 4.88. The van der Waals surface area contributed by atoms with Crippen LogP contribution in [0.4, 0.5) is 8.78 Å². The van der Waals surface area contributed by atoms with Crippen molar-refractivity contribution in [2.75, 3.05) is 6.54 Å². The highest BCUT2D eigenvalue weighted by Gasteiger charge is 2.20. The van der Waals surface area contributed by atoms with Crippen molar-refractivity contribution in [1.82, 2.24) is 15.1 Å². The fraction of sp³-hybridized carbons (Fsp3) is 0.333. The molecule has 0 saturated heterocycles. The Labute approximate surface area is 126 Å². The van der Waals surface area contributed by atoms with E-state index in [0.717, 1.165) is 12.1 Å². The van der Waals surface area contributed by atoms with Gasteiger partial charge in [-0.15, -0.1) is 0 Å². The van der Waals surface area contributed by atoms with E-state index in [4.69, 9.17) is 0 Å². The van der Waals surface area contributed by atoms with Gasteiger partial charge in [-0.25, -0.2) is 8.78 Å². The van der Waals surface area contributed by atoms with Gasteiger partial charge in [0.15, 0.2) is 0 Å². The summed E-state index contributed by atoms with van der Waals surface area (Å²) in [5, 5.41) is 16.5. The second kappa shape index (κ2) is 6.65. The Morgan fingerprint density at radius 2 is 2.05 bits per heavy atom. The Kier molecular flexibility index (Phi) is 4.87. The first-order chi connectivity index (χ1) is 10.4. The van der Waals surface area contributed by atoms with E-state index in [-0.39, 0.29) is 6.54 Å². The Hall–Kier alpha value is -2.28. The van der Waals surface area contributed by atoms with Gasteiger partial charge < -0.3 is 10.4 Å². The second-order valence-corrected chi connectivity index (χ2v) is 4.88. The summed E-state index contributed by atoms with van der Waals surface area (Å²) in [7, 11) is 1.69. The SMILES string of the molecule is CCc1nn(C)cc1C(=O)NCC(O)c1c(F)cccc1F. The van der Waals surface area contributed by atoms with E-state index < -0.39 is 29.2 Å². The highest BCUT2D eigenvalue weighted by Crippen LogP contribution is 2.20. The zero-order valence-corrected chi connectivity index (χ0v) is 12.3. The van der Waals surface area contributed by atoms with E-state index >= 15 is 0 Å². The summed E-state index contributed by atoms with van der Waals surface area (Å²) in [5.74, 6) is -2.14.